The highest BCUT2D eigenvalue weighted by molar-refractivity contribution is 6.32. The predicted molar refractivity (Wildman–Crippen MR) is 90.2 cm³/mol. The van der Waals surface area contributed by atoms with Crippen molar-refractivity contribution in [1.82, 2.24) is 5.32 Å². The third-order valence-electron chi connectivity index (χ3n) is 4.17. The van der Waals surface area contributed by atoms with Crippen LogP contribution in [0.1, 0.15) is 37.4 Å². The fraction of sp³-hybridized carbons (Fsp3) is 0.222. The van der Waals surface area contributed by atoms with Crippen molar-refractivity contribution in [3.63, 3.8) is 0 Å². The second kappa shape index (κ2) is 5.98. The summed E-state index contributed by atoms with van der Waals surface area (Å²) >= 11 is 0. The predicted octanol–water partition coefficient (Wildman–Crippen LogP) is 1.81. The molecule has 0 bridgehead atoms. The van der Waals surface area contributed by atoms with E-state index in [2.05, 4.69) is 10.6 Å². The van der Waals surface area contributed by atoms with Gasteiger partial charge in [-0.1, -0.05) is 6.07 Å². The van der Waals surface area contributed by atoms with E-state index in [-0.39, 0.29) is 33.8 Å². The lowest BCUT2D eigenvalue weighted by atomic mass is 9.80. The molecule has 0 saturated carbocycles. The van der Waals surface area contributed by atoms with Crippen LogP contribution in [0.2, 0.25) is 0 Å². The van der Waals surface area contributed by atoms with Gasteiger partial charge in [-0.3, -0.25) is 9.59 Å². The van der Waals surface area contributed by atoms with Crippen LogP contribution in [0.15, 0.2) is 24.3 Å². The van der Waals surface area contributed by atoms with Crippen LogP contribution in [-0.2, 0) is 0 Å². The SMILES string of the molecule is CNCCNc1ccc(C)c2c1C(=O)c1c(O)ccc(O)c1C2=O. The molecule has 0 unspecified atom stereocenters. The quantitative estimate of drug-likeness (QED) is 0.431. The molecule has 1 aliphatic carbocycles. The number of hydrogen-bond acceptors (Lipinski definition) is 6. The first-order valence-electron chi connectivity index (χ1n) is 7.63. The minimum atomic E-state index is -0.469. The van der Waals surface area contributed by atoms with Crippen LogP contribution in [-0.4, -0.2) is 41.9 Å². The van der Waals surface area contributed by atoms with E-state index in [0.717, 1.165) is 0 Å². The number of phenolic OH excluding ortho intramolecular Hbond substituents is 2. The van der Waals surface area contributed by atoms with Crippen molar-refractivity contribution in [2.75, 3.05) is 25.5 Å². The van der Waals surface area contributed by atoms with E-state index >= 15 is 0 Å². The number of aromatic hydroxyl groups is 2. The largest absolute Gasteiger partial charge is 0.507 e. The van der Waals surface area contributed by atoms with Gasteiger partial charge < -0.3 is 20.8 Å². The normalized spacial score (nSPS) is 12.8. The van der Waals surface area contributed by atoms with E-state index < -0.39 is 11.6 Å². The summed E-state index contributed by atoms with van der Waals surface area (Å²) in [4.78, 5) is 25.8. The Hall–Kier alpha value is -2.86. The standard InChI is InChI=1S/C18H18N2O4/c1-9-3-4-10(20-8-7-19-2)14-13(9)17(23)15-11(21)5-6-12(22)16(15)18(14)24/h3-6,19-22H,7-8H2,1-2H3. The Balaban J connectivity index is 2.22. The van der Waals surface area contributed by atoms with Gasteiger partial charge in [-0.15, -0.1) is 0 Å². The van der Waals surface area contributed by atoms with E-state index in [1.807, 2.05) is 7.05 Å². The van der Waals surface area contributed by atoms with Gasteiger partial charge in [-0.2, -0.15) is 0 Å². The number of likely N-dealkylation sites (N-methyl/N-ethyl adjacent to an activating group) is 1. The van der Waals surface area contributed by atoms with E-state index in [0.29, 0.717) is 24.3 Å². The summed E-state index contributed by atoms with van der Waals surface area (Å²) in [5, 5.41) is 26.2. The van der Waals surface area contributed by atoms with Crippen LogP contribution in [0, 0.1) is 6.92 Å². The Morgan fingerprint density at radius 3 is 2.00 bits per heavy atom. The van der Waals surface area contributed by atoms with Gasteiger partial charge in [0, 0.05) is 24.3 Å². The highest BCUT2D eigenvalue weighted by Crippen LogP contribution is 2.40. The minimum Gasteiger partial charge on any atom is -0.507 e. The maximum atomic E-state index is 13.0. The summed E-state index contributed by atoms with van der Waals surface area (Å²) < 4.78 is 0. The molecule has 6 heteroatoms. The van der Waals surface area contributed by atoms with Crippen molar-refractivity contribution in [2.45, 2.75) is 6.92 Å². The van der Waals surface area contributed by atoms with E-state index in [1.54, 1.807) is 19.1 Å². The molecule has 124 valence electrons. The molecule has 0 spiro atoms. The number of fused-ring (bicyclic) bond motifs is 2. The molecule has 0 atom stereocenters. The topological polar surface area (TPSA) is 98.7 Å². The first-order chi connectivity index (χ1) is 11.5. The van der Waals surface area contributed by atoms with E-state index in [1.165, 1.54) is 12.1 Å². The van der Waals surface area contributed by atoms with Crippen LogP contribution in [0.4, 0.5) is 5.69 Å². The molecule has 0 radical (unpaired) electrons. The monoisotopic (exact) mass is 326 g/mol. The molecular weight excluding hydrogens is 308 g/mol. The molecule has 0 aromatic heterocycles. The molecule has 6 nitrogen and oxygen atoms in total. The fourth-order valence-corrected chi connectivity index (χ4v) is 3.00. The Kier molecular flexibility index (Phi) is 3.99. The molecule has 0 aliphatic heterocycles. The maximum Gasteiger partial charge on any atom is 0.200 e. The molecule has 0 fully saturated rings. The number of carbonyl (C=O) groups is 2. The van der Waals surface area contributed by atoms with Gasteiger partial charge in [-0.25, -0.2) is 0 Å². The molecule has 24 heavy (non-hydrogen) atoms. The van der Waals surface area contributed by atoms with Crippen LogP contribution in [0.25, 0.3) is 0 Å². The summed E-state index contributed by atoms with van der Waals surface area (Å²) in [5.74, 6) is -1.54. The lowest BCUT2D eigenvalue weighted by molar-refractivity contribution is 0.0974. The molecule has 0 heterocycles. The molecule has 1 aliphatic rings. The molecule has 3 rings (SSSR count). The van der Waals surface area contributed by atoms with Crippen LogP contribution in [0.5, 0.6) is 11.5 Å². The smallest absolute Gasteiger partial charge is 0.200 e. The number of benzene rings is 2. The summed E-state index contributed by atoms with van der Waals surface area (Å²) in [6, 6.07) is 5.94. The molecular formula is C18H18N2O4. The second-order valence-corrected chi connectivity index (χ2v) is 5.72. The summed E-state index contributed by atoms with van der Waals surface area (Å²) in [6.07, 6.45) is 0. The fourth-order valence-electron chi connectivity index (χ4n) is 3.00. The Labute approximate surface area is 139 Å². The average molecular weight is 326 g/mol. The summed E-state index contributed by atoms with van der Waals surface area (Å²) in [6.45, 7) is 3.01. The number of anilines is 1. The minimum absolute atomic E-state index is 0.136. The van der Waals surface area contributed by atoms with E-state index in [4.69, 9.17) is 0 Å². The first-order valence-corrected chi connectivity index (χ1v) is 7.63. The lowest BCUT2D eigenvalue weighted by Gasteiger charge is -2.23. The number of aryl methyl sites for hydroxylation is 1. The van der Waals surface area contributed by atoms with Crippen LogP contribution >= 0.6 is 0 Å². The zero-order chi connectivity index (χ0) is 17.4. The number of rotatable bonds is 4. The first kappa shape index (κ1) is 16.0. The van der Waals surface area contributed by atoms with Gasteiger partial charge in [0.25, 0.3) is 0 Å². The Morgan fingerprint density at radius 1 is 0.833 bits per heavy atom. The number of hydrogen-bond donors (Lipinski definition) is 4. The van der Waals surface area contributed by atoms with Gasteiger partial charge in [0.15, 0.2) is 11.6 Å². The van der Waals surface area contributed by atoms with Crippen LogP contribution in [0.3, 0.4) is 0 Å². The number of ketones is 2. The van der Waals surface area contributed by atoms with Gasteiger partial charge >= 0.3 is 0 Å². The van der Waals surface area contributed by atoms with Gasteiger partial charge in [0.1, 0.15) is 11.5 Å². The number of phenols is 2. The Bertz CT molecular complexity index is 859. The van der Waals surface area contributed by atoms with Crippen molar-refractivity contribution in [3.05, 3.63) is 52.1 Å². The van der Waals surface area contributed by atoms with Gasteiger partial charge in [0.05, 0.1) is 16.7 Å². The van der Waals surface area contributed by atoms with Gasteiger partial charge in [0.2, 0.25) is 0 Å². The zero-order valence-electron chi connectivity index (χ0n) is 13.4. The van der Waals surface area contributed by atoms with Crippen molar-refractivity contribution in [2.24, 2.45) is 0 Å². The molecule has 2 aromatic rings. The Morgan fingerprint density at radius 2 is 1.42 bits per heavy atom. The number of carbonyl (C=O) groups excluding carboxylic acids is 2. The second-order valence-electron chi connectivity index (χ2n) is 5.72. The molecule has 4 N–H and O–H groups in total. The molecule has 0 saturated heterocycles. The third kappa shape index (κ3) is 2.32. The average Bonchev–Trinajstić information content (AvgIpc) is 2.56. The highest BCUT2D eigenvalue weighted by atomic mass is 16.3. The zero-order valence-corrected chi connectivity index (χ0v) is 13.4. The highest BCUT2D eigenvalue weighted by Gasteiger charge is 2.37. The third-order valence-corrected chi connectivity index (χ3v) is 4.17. The molecule has 0 amide bonds. The lowest BCUT2D eigenvalue weighted by Crippen LogP contribution is -2.25. The van der Waals surface area contributed by atoms with Crippen molar-refractivity contribution < 1.29 is 19.8 Å². The van der Waals surface area contributed by atoms with Gasteiger partial charge in [-0.05, 0) is 37.7 Å². The molecule has 2 aromatic carbocycles. The maximum absolute atomic E-state index is 13.0. The number of nitrogens with one attached hydrogen (secondary N) is 2. The van der Waals surface area contributed by atoms with Crippen molar-refractivity contribution in [1.29, 1.82) is 0 Å². The van der Waals surface area contributed by atoms with E-state index in [9.17, 15) is 19.8 Å². The van der Waals surface area contributed by atoms with Crippen molar-refractivity contribution >= 4 is 17.3 Å². The van der Waals surface area contributed by atoms with Crippen LogP contribution < -0.4 is 10.6 Å². The summed E-state index contributed by atoms with van der Waals surface area (Å²) in [5.41, 5.74) is 1.42. The van der Waals surface area contributed by atoms with Crippen molar-refractivity contribution in [3.8, 4) is 11.5 Å². The summed E-state index contributed by atoms with van der Waals surface area (Å²) in [7, 11) is 1.82.